The van der Waals surface area contributed by atoms with Gasteiger partial charge in [0, 0.05) is 25.9 Å². The van der Waals surface area contributed by atoms with Gasteiger partial charge in [0.15, 0.2) is 6.61 Å². The summed E-state index contributed by atoms with van der Waals surface area (Å²) < 4.78 is 5.89. The first-order chi connectivity index (χ1) is 17.0. The van der Waals surface area contributed by atoms with E-state index in [9.17, 15) is 9.59 Å². The molecule has 7 nitrogen and oxygen atoms in total. The molecule has 7 heteroatoms. The number of esters is 1. The number of ether oxygens (including phenoxy) is 1. The van der Waals surface area contributed by atoms with Gasteiger partial charge in [0.05, 0.1) is 11.3 Å². The first-order valence-electron chi connectivity index (χ1n) is 12.8. The van der Waals surface area contributed by atoms with Crippen LogP contribution in [0.2, 0.25) is 0 Å². The molecule has 1 saturated heterocycles. The average molecular weight is 482 g/mol. The molecule has 3 rings (SSSR count). The number of nitrogens with zero attached hydrogens (tertiary/aromatic N) is 2. The maximum Gasteiger partial charge on any atom is 0.338 e. The fourth-order valence-electron chi connectivity index (χ4n) is 4.61. The Hall–Kier alpha value is -2.93. The first-order valence-corrected chi connectivity index (χ1v) is 12.8. The number of carbonyl (C=O) groups excluding carboxylic acids is 2. The zero-order valence-electron chi connectivity index (χ0n) is 21.1. The SMILES string of the molecule is Cc1cc(C)c2c(c1)CC(=NOCC(=O)N1CCCCC1)/C=C/CC/C=C/CC(CCN)OC2=O. The van der Waals surface area contributed by atoms with Crippen molar-refractivity contribution in [1.82, 2.24) is 4.90 Å². The Bertz CT molecular complexity index is 961. The van der Waals surface area contributed by atoms with Gasteiger partial charge < -0.3 is 20.2 Å². The molecular formula is C28H39N3O4. The van der Waals surface area contributed by atoms with Gasteiger partial charge in [-0.1, -0.05) is 41.1 Å². The lowest BCUT2D eigenvalue weighted by molar-refractivity contribution is -0.137. The number of allylic oxidation sites excluding steroid dienone is 3. The second kappa shape index (κ2) is 13.8. The van der Waals surface area contributed by atoms with E-state index in [-0.39, 0.29) is 24.6 Å². The molecule has 0 bridgehead atoms. The van der Waals surface area contributed by atoms with Crippen LogP contribution in [0.1, 0.15) is 72.0 Å². The van der Waals surface area contributed by atoms with Crippen LogP contribution in [0.5, 0.6) is 0 Å². The molecule has 0 aromatic heterocycles. The molecule has 2 aliphatic heterocycles. The highest BCUT2D eigenvalue weighted by atomic mass is 16.6. The maximum atomic E-state index is 13.3. The normalized spacial score (nSPS) is 22.6. The molecule has 0 aliphatic carbocycles. The number of hydrogen-bond donors (Lipinski definition) is 1. The van der Waals surface area contributed by atoms with Crippen LogP contribution >= 0.6 is 0 Å². The van der Waals surface area contributed by atoms with E-state index < -0.39 is 0 Å². The number of piperidine rings is 1. The second-order valence-electron chi connectivity index (χ2n) is 9.38. The Labute approximate surface area is 209 Å². The van der Waals surface area contributed by atoms with Crippen molar-refractivity contribution in [2.24, 2.45) is 10.9 Å². The van der Waals surface area contributed by atoms with Crippen LogP contribution in [0.3, 0.4) is 0 Å². The van der Waals surface area contributed by atoms with Gasteiger partial charge in [-0.3, -0.25) is 4.79 Å². The Morgan fingerprint density at radius 1 is 1.14 bits per heavy atom. The summed E-state index contributed by atoms with van der Waals surface area (Å²) >= 11 is 0. The van der Waals surface area contributed by atoms with Crippen LogP contribution in [0.15, 0.2) is 41.6 Å². The summed E-state index contributed by atoms with van der Waals surface area (Å²) in [5.74, 6) is -0.378. The fraction of sp³-hybridized carbons (Fsp3) is 0.536. The summed E-state index contributed by atoms with van der Waals surface area (Å²) in [6, 6.07) is 3.98. The quantitative estimate of drug-likeness (QED) is 0.382. The van der Waals surface area contributed by atoms with Crippen molar-refractivity contribution < 1.29 is 19.2 Å². The number of cyclic esters (lactones) is 1. The van der Waals surface area contributed by atoms with Gasteiger partial charge in [-0.25, -0.2) is 4.79 Å². The van der Waals surface area contributed by atoms with E-state index in [1.54, 1.807) is 0 Å². The van der Waals surface area contributed by atoms with Crippen molar-refractivity contribution in [1.29, 1.82) is 0 Å². The third-order valence-corrected chi connectivity index (χ3v) is 6.35. The molecular weight excluding hydrogens is 442 g/mol. The zero-order valence-corrected chi connectivity index (χ0v) is 21.1. The number of benzene rings is 1. The lowest BCUT2D eigenvalue weighted by Gasteiger charge is -2.26. The minimum atomic E-state index is -0.342. The van der Waals surface area contributed by atoms with Crippen LogP contribution in [0.4, 0.5) is 0 Å². The maximum absolute atomic E-state index is 13.3. The molecule has 1 amide bonds. The monoisotopic (exact) mass is 481 g/mol. The summed E-state index contributed by atoms with van der Waals surface area (Å²) in [6.07, 6.45) is 14.5. The lowest BCUT2D eigenvalue weighted by Crippen LogP contribution is -2.37. The highest BCUT2D eigenvalue weighted by Gasteiger charge is 2.22. The first kappa shape index (κ1) is 26.7. The molecule has 1 atom stereocenters. The van der Waals surface area contributed by atoms with Crippen molar-refractivity contribution in [3.05, 3.63) is 58.7 Å². The third kappa shape index (κ3) is 8.35. The van der Waals surface area contributed by atoms with E-state index in [2.05, 4.69) is 23.4 Å². The van der Waals surface area contributed by atoms with E-state index in [0.29, 0.717) is 37.1 Å². The Morgan fingerprint density at radius 3 is 2.69 bits per heavy atom. The second-order valence-corrected chi connectivity index (χ2v) is 9.38. The molecule has 0 radical (unpaired) electrons. The molecule has 35 heavy (non-hydrogen) atoms. The van der Waals surface area contributed by atoms with Crippen molar-refractivity contribution >= 4 is 17.6 Å². The van der Waals surface area contributed by atoms with E-state index in [4.69, 9.17) is 15.3 Å². The van der Waals surface area contributed by atoms with Crippen LogP contribution in [-0.4, -0.2) is 54.8 Å². The number of likely N-dealkylation sites (tertiary alicyclic amines) is 1. The Morgan fingerprint density at radius 2 is 1.91 bits per heavy atom. The Kier molecular flexibility index (Phi) is 10.5. The number of fused-ring (bicyclic) bond motifs is 1. The van der Waals surface area contributed by atoms with Crippen molar-refractivity contribution in [3.63, 3.8) is 0 Å². The van der Waals surface area contributed by atoms with Gasteiger partial charge in [-0.15, -0.1) is 0 Å². The number of carbonyl (C=O) groups is 2. The van der Waals surface area contributed by atoms with Crippen molar-refractivity contribution in [2.45, 2.75) is 71.3 Å². The van der Waals surface area contributed by atoms with Gasteiger partial charge in [-0.05, 0) is 76.1 Å². The summed E-state index contributed by atoms with van der Waals surface area (Å²) in [5, 5.41) is 4.31. The highest BCUT2D eigenvalue weighted by molar-refractivity contribution is 6.00. The largest absolute Gasteiger partial charge is 0.458 e. The molecule has 1 aromatic carbocycles. The average Bonchev–Trinajstić information content (AvgIpc) is 2.82. The van der Waals surface area contributed by atoms with Gasteiger partial charge in [0.1, 0.15) is 6.10 Å². The molecule has 1 unspecified atom stereocenters. The van der Waals surface area contributed by atoms with Crippen LogP contribution in [-0.2, 0) is 20.8 Å². The number of nitrogens with two attached hydrogens (primary N) is 1. The molecule has 1 fully saturated rings. The third-order valence-electron chi connectivity index (χ3n) is 6.35. The van der Waals surface area contributed by atoms with Crippen molar-refractivity contribution in [2.75, 3.05) is 26.2 Å². The number of oxime groups is 1. The molecule has 2 heterocycles. The topological polar surface area (TPSA) is 94.2 Å². The summed E-state index contributed by atoms with van der Waals surface area (Å²) in [4.78, 5) is 33.1. The van der Waals surface area contributed by atoms with Gasteiger partial charge in [0.25, 0.3) is 5.91 Å². The predicted molar refractivity (Wildman–Crippen MR) is 138 cm³/mol. The standard InChI is InChI=1S/C28H39N3O4/c1-21-17-22(2)27-23(18-21)19-24(30-34-20-26(32)31-15-9-6-10-16-31)11-7-4-3-5-8-12-25(13-14-29)35-28(27)33/h5,7-8,11,17-18,25H,3-4,6,9-10,12-16,19-20,29H2,1-2H3/b8-5+,11-7+,30-24?. The number of rotatable bonds is 5. The lowest BCUT2D eigenvalue weighted by atomic mass is 9.94. The molecule has 0 spiro atoms. The Balaban J connectivity index is 1.84. The predicted octanol–water partition coefficient (Wildman–Crippen LogP) is 4.40. The fourth-order valence-corrected chi connectivity index (χ4v) is 4.61. The minimum Gasteiger partial charge on any atom is -0.458 e. The summed E-state index contributed by atoms with van der Waals surface area (Å²) in [6.45, 7) is 5.87. The number of aryl methyl sites for hydroxylation is 2. The number of amides is 1. The van der Waals surface area contributed by atoms with Gasteiger partial charge in [-0.2, -0.15) is 0 Å². The van der Waals surface area contributed by atoms with Gasteiger partial charge in [0.2, 0.25) is 0 Å². The van der Waals surface area contributed by atoms with Crippen molar-refractivity contribution in [3.8, 4) is 0 Å². The number of hydrogen-bond acceptors (Lipinski definition) is 6. The van der Waals surface area contributed by atoms with Gasteiger partial charge >= 0.3 is 5.97 Å². The highest BCUT2D eigenvalue weighted by Crippen LogP contribution is 2.22. The van der Waals surface area contributed by atoms with E-state index >= 15 is 0 Å². The zero-order chi connectivity index (χ0) is 25.0. The molecule has 0 saturated carbocycles. The van der Waals surface area contributed by atoms with E-state index in [1.165, 1.54) is 6.42 Å². The summed E-state index contributed by atoms with van der Waals surface area (Å²) in [5.41, 5.74) is 9.74. The van der Waals surface area contributed by atoms with E-state index in [0.717, 1.165) is 55.5 Å². The summed E-state index contributed by atoms with van der Waals surface area (Å²) in [7, 11) is 0. The molecule has 1 aromatic rings. The van der Waals surface area contributed by atoms with Crippen LogP contribution in [0, 0.1) is 13.8 Å². The van der Waals surface area contributed by atoms with E-state index in [1.807, 2.05) is 37.0 Å². The minimum absolute atomic E-state index is 0.0364. The molecule has 190 valence electrons. The molecule has 2 N–H and O–H groups in total. The molecule has 2 aliphatic rings. The van der Waals surface area contributed by atoms with Crippen LogP contribution in [0.25, 0.3) is 0 Å². The van der Waals surface area contributed by atoms with Crippen LogP contribution < -0.4 is 5.73 Å². The smallest absolute Gasteiger partial charge is 0.338 e.